The van der Waals surface area contributed by atoms with Crippen molar-refractivity contribution >= 4 is 46.0 Å². The normalized spacial score (nSPS) is 9.53. The van der Waals surface area contributed by atoms with Gasteiger partial charge in [-0.15, -0.1) is 0 Å². The number of anilines is 2. The number of hydrogen-bond acceptors (Lipinski definition) is 3. The number of carbonyl (C=O) groups excluding carboxylic acids is 2. The number of halogens is 1. The molecule has 0 saturated carbocycles. The summed E-state index contributed by atoms with van der Waals surface area (Å²) in [5.74, 6) is 0.466. The quantitative estimate of drug-likeness (QED) is 0.814. The lowest BCUT2D eigenvalue weighted by atomic mass is 10.4. The van der Waals surface area contributed by atoms with E-state index in [1.54, 1.807) is 12.1 Å². The average molecular weight is 319 g/mol. The smallest absolute Gasteiger partial charge is 0.222 e. The molecule has 0 saturated heterocycles. The number of nitrogens with one attached hydrogen (secondary N) is 2. The van der Waals surface area contributed by atoms with Crippen molar-refractivity contribution in [1.82, 2.24) is 4.98 Å². The number of nitrogens with zero attached hydrogens (tertiary/aromatic N) is 1. The van der Waals surface area contributed by atoms with Crippen LogP contribution in [0.25, 0.3) is 0 Å². The fraction of sp³-hybridized carbons (Fsp3) is 0.222. The minimum Gasteiger partial charge on any atom is -0.311 e. The number of aromatic nitrogens is 1. The molecule has 0 atom stereocenters. The molecule has 1 aromatic heterocycles. The Morgan fingerprint density at radius 2 is 1.53 bits per heavy atom. The molecule has 2 N–H and O–H groups in total. The predicted molar refractivity (Wildman–Crippen MR) is 65.6 cm³/mol. The number of rotatable bonds is 2. The third-order valence-electron chi connectivity index (χ3n) is 1.40. The molecule has 1 rings (SSSR count). The van der Waals surface area contributed by atoms with E-state index in [1.807, 2.05) is 0 Å². The van der Waals surface area contributed by atoms with E-state index in [9.17, 15) is 9.59 Å². The van der Waals surface area contributed by atoms with E-state index < -0.39 is 0 Å². The molecule has 0 unspecified atom stereocenters. The van der Waals surface area contributed by atoms with Crippen molar-refractivity contribution in [3.05, 3.63) is 15.7 Å². The van der Waals surface area contributed by atoms with Gasteiger partial charge in [0.2, 0.25) is 11.8 Å². The summed E-state index contributed by atoms with van der Waals surface area (Å²) in [4.78, 5) is 25.7. The Hall–Kier alpha value is -1.18. The van der Waals surface area contributed by atoms with Crippen LogP contribution in [0.5, 0.6) is 0 Å². The van der Waals surface area contributed by atoms with Crippen LogP contribution in [0.15, 0.2) is 12.1 Å². The van der Waals surface area contributed by atoms with Crippen molar-refractivity contribution in [2.45, 2.75) is 13.8 Å². The van der Waals surface area contributed by atoms with Crippen LogP contribution in [-0.2, 0) is 9.59 Å². The van der Waals surface area contributed by atoms with Gasteiger partial charge in [-0.1, -0.05) is 0 Å². The first kappa shape index (κ1) is 11.9. The molecule has 0 aliphatic carbocycles. The van der Waals surface area contributed by atoms with E-state index in [-0.39, 0.29) is 11.8 Å². The van der Waals surface area contributed by atoms with Gasteiger partial charge in [0.1, 0.15) is 11.6 Å². The first-order valence-corrected chi connectivity index (χ1v) is 5.28. The Bertz CT molecular complexity index is 372. The van der Waals surface area contributed by atoms with Gasteiger partial charge in [-0.3, -0.25) is 9.59 Å². The monoisotopic (exact) mass is 319 g/mol. The lowest BCUT2D eigenvalue weighted by Crippen LogP contribution is -2.11. The van der Waals surface area contributed by atoms with Gasteiger partial charge in [-0.25, -0.2) is 4.98 Å². The molecule has 1 heterocycles. The van der Waals surface area contributed by atoms with Crippen molar-refractivity contribution in [2.75, 3.05) is 10.6 Å². The van der Waals surface area contributed by atoms with Gasteiger partial charge in [0.15, 0.2) is 0 Å². The first-order chi connectivity index (χ1) is 6.97. The lowest BCUT2D eigenvalue weighted by molar-refractivity contribution is -0.115. The molecule has 0 spiro atoms. The summed E-state index contributed by atoms with van der Waals surface area (Å²) >= 11 is 2.08. The molecule has 0 aliphatic rings. The van der Waals surface area contributed by atoms with E-state index in [2.05, 4.69) is 38.2 Å². The molecule has 80 valence electrons. The zero-order valence-corrected chi connectivity index (χ0v) is 10.5. The Kier molecular flexibility index (Phi) is 4.01. The van der Waals surface area contributed by atoms with E-state index in [0.29, 0.717) is 11.6 Å². The molecule has 0 bridgehead atoms. The third kappa shape index (κ3) is 4.24. The highest BCUT2D eigenvalue weighted by Crippen LogP contribution is 2.15. The van der Waals surface area contributed by atoms with Crippen LogP contribution in [0.4, 0.5) is 11.6 Å². The number of pyridine rings is 1. The van der Waals surface area contributed by atoms with Crippen molar-refractivity contribution in [3.8, 4) is 0 Å². The second kappa shape index (κ2) is 5.06. The van der Waals surface area contributed by atoms with Crippen LogP contribution < -0.4 is 10.6 Å². The highest BCUT2D eigenvalue weighted by Gasteiger charge is 2.03. The molecule has 2 amide bonds. The molecular formula is C9H10IN3O2. The Balaban J connectivity index is 2.94. The molecule has 0 aromatic carbocycles. The van der Waals surface area contributed by atoms with Crippen LogP contribution >= 0.6 is 22.6 Å². The molecule has 15 heavy (non-hydrogen) atoms. The van der Waals surface area contributed by atoms with E-state index >= 15 is 0 Å². The van der Waals surface area contributed by atoms with Gasteiger partial charge in [0.05, 0.1) is 0 Å². The Morgan fingerprint density at radius 1 is 1.13 bits per heavy atom. The Morgan fingerprint density at radius 3 is 1.87 bits per heavy atom. The summed E-state index contributed by atoms with van der Waals surface area (Å²) in [5, 5.41) is 5.11. The fourth-order valence-electron chi connectivity index (χ4n) is 0.986. The molecule has 0 aliphatic heterocycles. The van der Waals surface area contributed by atoms with Crippen molar-refractivity contribution in [2.24, 2.45) is 0 Å². The van der Waals surface area contributed by atoms with E-state index in [4.69, 9.17) is 0 Å². The largest absolute Gasteiger partial charge is 0.311 e. The van der Waals surface area contributed by atoms with Crippen molar-refractivity contribution < 1.29 is 9.59 Å². The zero-order valence-electron chi connectivity index (χ0n) is 8.30. The first-order valence-electron chi connectivity index (χ1n) is 4.20. The molecule has 0 fully saturated rings. The van der Waals surface area contributed by atoms with Gasteiger partial charge in [-0.2, -0.15) is 0 Å². The summed E-state index contributed by atoms with van der Waals surface area (Å²) in [7, 11) is 0. The summed E-state index contributed by atoms with van der Waals surface area (Å²) in [5.41, 5.74) is 0. The van der Waals surface area contributed by atoms with Gasteiger partial charge in [0, 0.05) is 17.4 Å². The third-order valence-corrected chi connectivity index (χ3v) is 2.02. The minimum absolute atomic E-state index is 0.196. The lowest BCUT2D eigenvalue weighted by Gasteiger charge is -2.06. The Labute approximate surface area is 101 Å². The maximum atomic E-state index is 10.8. The zero-order chi connectivity index (χ0) is 11.4. The number of carbonyl (C=O) groups is 2. The number of hydrogen-bond donors (Lipinski definition) is 2. The standard InChI is InChI=1S/C9H10IN3O2/c1-5(14)11-8-3-7(10)4-9(13-8)12-6(2)15/h3-4H,1-2H3,(H2,11,12,13,14,15). The maximum Gasteiger partial charge on any atom is 0.222 e. The van der Waals surface area contributed by atoms with Crippen molar-refractivity contribution in [3.63, 3.8) is 0 Å². The number of amides is 2. The summed E-state index contributed by atoms with van der Waals surface area (Å²) in [6.45, 7) is 2.80. The highest BCUT2D eigenvalue weighted by atomic mass is 127. The average Bonchev–Trinajstić information content (AvgIpc) is 1.98. The SMILES string of the molecule is CC(=O)Nc1cc(I)cc(NC(C)=O)n1. The van der Waals surface area contributed by atoms with Crippen molar-refractivity contribution in [1.29, 1.82) is 0 Å². The van der Waals surface area contributed by atoms with Crippen LogP contribution in [0.3, 0.4) is 0 Å². The van der Waals surface area contributed by atoms with Crippen LogP contribution in [0.1, 0.15) is 13.8 Å². The molecule has 6 heteroatoms. The van der Waals surface area contributed by atoms with Crippen LogP contribution in [-0.4, -0.2) is 16.8 Å². The molecular weight excluding hydrogens is 309 g/mol. The van der Waals surface area contributed by atoms with E-state index in [1.165, 1.54) is 13.8 Å². The fourth-order valence-corrected chi connectivity index (χ4v) is 1.58. The van der Waals surface area contributed by atoms with Gasteiger partial charge >= 0.3 is 0 Å². The molecule has 1 aromatic rings. The summed E-state index contributed by atoms with van der Waals surface area (Å²) in [6, 6.07) is 3.43. The highest BCUT2D eigenvalue weighted by molar-refractivity contribution is 14.1. The summed E-state index contributed by atoms with van der Waals surface area (Å²) in [6.07, 6.45) is 0. The minimum atomic E-state index is -0.196. The maximum absolute atomic E-state index is 10.8. The van der Waals surface area contributed by atoms with Gasteiger partial charge in [0.25, 0.3) is 0 Å². The van der Waals surface area contributed by atoms with Gasteiger partial charge < -0.3 is 10.6 Å². The van der Waals surface area contributed by atoms with Crippen LogP contribution in [0.2, 0.25) is 0 Å². The molecule has 5 nitrogen and oxygen atoms in total. The summed E-state index contributed by atoms with van der Waals surface area (Å²) < 4.78 is 0.884. The van der Waals surface area contributed by atoms with Gasteiger partial charge in [-0.05, 0) is 34.7 Å². The second-order valence-corrected chi connectivity index (χ2v) is 4.16. The topological polar surface area (TPSA) is 71.1 Å². The van der Waals surface area contributed by atoms with Crippen LogP contribution in [0, 0.1) is 3.57 Å². The molecule has 0 radical (unpaired) electrons. The van der Waals surface area contributed by atoms with E-state index in [0.717, 1.165) is 3.57 Å². The predicted octanol–water partition coefficient (Wildman–Crippen LogP) is 1.60. The second-order valence-electron chi connectivity index (χ2n) is 2.92.